The van der Waals surface area contributed by atoms with Crippen LogP contribution in [0, 0.1) is 13.8 Å². The van der Waals surface area contributed by atoms with Gasteiger partial charge in [-0.25, -0.2) is 0 Å². The highest BCUT2D eigenvalue weighted by molar-refractivity contribution is 6.30. The number of hydrogen-bond acceptors (Lipinski definition) is 3. The number of ether oxygens (including phenoxy) is 2. The topological polar surface area (TPSA) is 47.6 Å². The molecule has 24 heavy (non-hydrogen) atoms. The lowest BCUT2D eigenvalue weighted by Gasteiger charge is -2.42. The van der Waals surface area contributed by atoms with E-state index in [2.05, 4.69) is 12.2 Å². The maximum absolute atomic E-state index is 12.6. The van der Waals surface area contributed by atoms with Crippen LogP contribution in [0.15, 0.2) is 12.1 Å². The Hall–Kier alpha value is -1.10. The number of nitrogens with one attached hydrogen (secondary N) is 1. The number of amides is 1. The summed E-state index contributed by atoms with van der Waals surface area (Å²) in [6.45, 7) is 7.48. The molecule has 1 amide bonds. The largest absolute Gasteiger partial charge is 0.351 e. The Morgan fingerprint density at radius 1 is 1.12 bits per heavy atom. The van der Waals surface area contributed by atoms with E-state index in [1.54, 1.807) is 0 Å². The molecule has 2 aliphatic rings. The highest BCUT2D eigenvalue weighted by Gasteiger charge is 2.44. The van der Waals surface area contributed by atoms with Gasteiger partial charge in [-0.05, 0) is 62.4 Å². The summed E-state index contributed by atoms with van der Waals surface area (Å²) >= 11 is 6.07. The van der Waals surface area contributed by atoms with Crippen molar-refractivity contribution in [1.29, 1.82) is 0 Å². The molecule has 1 saturated carbocycles. The Morgan fingerprint density at radius 2 is 1.67 bits per heavy atom. The molecule has 0 atom stereocenters. The van der Waals surface area contributed by atoms with Crippen LogP contribution in [0.5, 0.6) is 0 Å². The fourth-order valence-electron chi connectivity index (χ4n) is 3.85. The average Bonchev–Trinajstić information content (AvgIpc) is 2.95. The van der Waals surface area contributed by atoms with E-state index in [-0.39, 0.29) is 11.4 Å². The van der Waals surface area contributed by atoms with Gasteiger partial charge in [0.15, 0.2) is 5.79 Å². The van der Waals surface area contributed by atoms with E-state index in [9.17, 15) is 4.79 Å². The van der Waals surface area contributed by atoms with E-state index in [0.29, 0.717) is 19.6 Å². The Morgan fingerprint density at radius 3 is 2.21 bits per heavy atom. The molecule has 1 aromatic rings. The second kappa shape index (κ2) is 6.66. The van der Waals surface area contributed by atoms with Crippen LogP contribution in [-0.2, 0) is 20.7 Å². The Kier molecular flexibility index (Phi) is 4.92. The first-order valence-electron chi connectivity index (χ1n) is 8.65. The summed E-state index contributed by atoms with van der Waals surface area (Å²) < 4.78 is 11.5. The van der Waals surface area contributed by atoms with Crippen LogP contribution in [0.25, 0.3) is 0 Å². The van der Waals surface area contributed by atoms with E-state index in [0.717, 1.165) is 47.4 Å². The van der Waals surface area contributed by atoms with Crippen molar-refractivity contribution in [3.05, 3.63) is 33.8 Å². The lowest BCUT2D eigenvalue weighted by molar-refractivity contribution is -0.185. The molecule has 0 radical (unpaired) electrons. The van der Waals surface area contributed by atoms with Crippen molar-refractivity contribution in [2.24, 2.45) is 0 Å². The van der Waals surface area contributed by atoms with Crippen LogP contribution < -0.4 is 5.32 Å². The number of hydrogen-bond donors (Lipinski definition) is 1. The van der Waals surface area contributed by atoms with E-state index in [4.69, 9.17) is 21.1 Å². The van der Waals surface area contributed by atoms with Crippen LogP contribution in [-0.4, -0.2) is 30.4 Å². The predicted molar refractivity (Wildman–Crippen MR) is 94.3 cm³/mol. The fraction of sp³-hybridized carbons (Fsp3) is 0.632. The first-order valence-corrected chi connectivity index (χ1v) is 9.03. The third-order valence-corrected chi connectivity index (χ3v) is 5.59. The molecule has 1 aliphatic carbocycles. The van der Waals surface area contributed by atoms with Crippen molar-refractivity contribution in [2.75, 3.05) is 13.2 Å². The average molecular weight is 352 g/mol. The van der Waals surface area contributed by atoms with Gasteiger partial charge in [0, 0.05) is 23.4 Å². The minimum Gasteiger partial charge on any atom is -0.351 e. The molecule has 1 spiro atoms. The molecule has 1 heterocycles. The van der Waals surface area contributed by atoms with Gasteiger partial charge >= 0.3 is 0 Å². The molecule has 132 valence electrons. The summed E-state index contributed by atoms with van der Waals surface area (Å²) in [7, 11) is 0. The zero-order chi connectivity index (χ0) is 17.4. The molecule has 0 bridgehead atoms. The molecule has 1 saturated heterocycles. The number of carbonyl (C=O) groups excluding carboxylic acids is 1. The number of carbonyl (C=O) groups is 1. The second-order valence-electron chi connectivity index (χ2n) is 7.41. The van der Waals surface area contributed by atoms with Gasteiger partial charge in [0.2, 0.25) is 5.91 Å². The summed E-state index contributed by atoms with van der Waals surface area (Å²) in [5.74, 6) is -0.330. The summed E-state index contributed by atoms with van der Waals surface area (Å²) in [6, 6.07) is 3.83. The van der Waals surface area contributed by atoms with E-state index >= 15 is 0 Å². The smallest absolute Gasteiger partial charge is 0.224 e. The van der Waals surface area contributed by atoms with Crippen molar-refractivity contribution in [1.82, 2.24) is 5.32 Å². The van der Waals surface area contributed by atoms with Crippen molar-refractivity contribution in [3.8, 4) is 0 Å². The molecule has 3 rings (SSSR count). The molecule has 1 aromatic carbocycles. The van der Waals surface area contributed by atoms with E-state index in [1.165, 1.54) is 0 Å². The zero-order valence-corrected chi connectivity index (χ0v) is 15.5. The number of aryl methyl sites for hydroxylation is 2. The highest BCUT2D eigenvalue weighted by Crippen LogP contribution is 2.40. The third kappa shape index (κ3) is 3.76. The van der Waals surface area contributed by atoms with E-state index < -0.39 is 5.79 Å². The van der Waals surface area contributed by atoms with Crippen molar-refractivity contribution < 1.29 is 14.3 Å². The molecule has 0 unspecified atom stereocenters. The van der Waals surface area contributed by atoms with Gasteiger partial charge in [-0.1, -0.05) is 11.6 Å². The van der Waals surface area contributed by atoms with Gasteiger partial charge in [-0.3, -0.25) is 4.79 Å². The first kappa shape index (κ1) is 17.7. The monoisotopic (exact) mass is 351 g/mol. The molecule has 2 fully saturated rings. The molecular formula is C19H26ClNO3. The minimum absolute atomic E-state index is 0.0650. The Balaban J connectivity index is 1.61. The van der Waals surface area contributed by atoms with Crippen LogP contribution in [0.4, 0.5) is 0 Å². The maximum atomic E-state index is 12.6. The zero-order valence-electron chi connectivity index (χ0n) is 14.7. The van der Waals surface area contributed by atoms with Crippen LogP contribution in [0.1, 0.15) is 49.3 Å². The van der Waals surface area contributed by atoms with Crippen molar-refractivity contribution in [2.45, 2.75) is 64.2 Å². The fourth-order valence-corrected chi connectivity index (χ4v) is 4.18. The predicted octanol–water partition coefficient (Wildman–Crippen LogP) is 3.69. The first-order chi connectivity index (χ1) is 11.3. The SMILES string of the molecule is Cc1cc(Cl)cc(C)c1CC(=O)NC1(C)CCC2(CC1)OCCO2. The number of benzene rings is 1. The molecule has 4 nitrogen and oxygen atoms in total. The molecule has 1 aliphatic heterocycles. The van der Waals surface area contributed by atoms with Crippen molar-refractivity contribution >= 4 is 17.5 Å². The minimum atomic E-state index is -0.395. The third-order valence-electron chi connectivity index (χ3n) is 5.37. The van der Waals surface area contributed by atoms with Gasteiger partial charge in [-0.2, -0.15) is 0 Å². The molecule has 1 N–H and O–H groups in total. The number of rotatable bonds is 3. The highest BCUT2D eigenvalue weighted by atomic mass is 35.5. The van der Waals surface area contributed by atoms with Crippen molar-refractivity contribution in [3.63, 3.8) is 0 Å². The number of halogens is 1. The molecule has 0 aromatic heterocycles. The molecule has 5 heteroatoms. The van der Waals surface area contributed by atoms with Gasteiger partial charge in [-0.15, -0.1) is 0 Å². The lowest BCUT2D eigenvalue weighted by Crippen LogP contribution is -2.52. The van der Waals surface area contributed by atoms with Gasteiger partial charge in [0.1, 0.15) is 0 Å². The second-order valence-corrected chi connectivity index (χ2v) is 7.85. The van der Waals surface area contributed by atoms with Crippen LogP contribution in [0.2, 0.25) is 5.02 Å². The van der Waals surface area contributed by atoms with Gasteiger partial charge < -0.3 is 14.8 Å². The van der Waals surface area contributed by atoms with Gasteiger partial charge in [0.25, 0.3) is 0 Å². The Labute approximate surface area is 148 Å². The van der Waals surface area contributed by atoms with Crippen LogP contribution >= 0.6 is 11.6 Å². The quantitative estimate of drug-likeness (QED) is 0.903. The summed E-state index contributed by atoms with van der Waals surface area (Å²) in [5, 5.41) is 3.95. The van der Waals surface area contributed by atoms with Gasteiger partial charge in [0.05, 0.1) is 19.6 Å². The van der Waals surface area contributed by atoms with Crippen LogP contribution in [0.3, 0.4) is 0 Å². The maximum Gasteiger partial charge on any atom is 0.224 e. The Bertz CT molecular complexity index is 604. The summed E-state index contributed by atoms with van der Waals surface area (Å²) in [4.78, 5) is 12.6. The van der Waals surface area contributed by atoms with E-state index in [1.807, 2.05) is 26.0 Å². The lowest BCUT2D eigenvalue weighted by atomic mass is 9.79. The standard InChI is InChI=1S/C19H26ClNO3/c1-13-10-15(20)11-14(2)16(13)12-17(22)21-18(3)4-6-19(7-5-18)23-8-9-24-19/h10-11H,4-9,12H2,1-3H3,(H,21,22). The normalized spacial score (nSPS) is 21.8. The summed E-state index contributed by atoms with van der Waals surface area (Å²) in [5.41, 5.74) is 3.01. The summed E-state index contributed by atoms with van der Waals surface area (Å²) in [6.07, 6.45) is 3.81. The molecular weight excluding hydrogens is 326 g/mol.